The van der Waals surface area contributed by atoms with Crippen molar-refractivity contribution in [3.05, 3.63) is 53.2 Å². The van der Waals surface area contributed by atoms with Crippen molar-refractivity contribution in [1.82, 2.24) is 29.4 Å². The molecule has 27 heavy (non-hydrogen) atoms. The normalized spacial score (nSPS) is 13.9. The van der Waals surface area contributed by atoms with Crippen LogP contribution in [0.2, 0.25) is 0 Å². The summed E-state index contributed by atoms with van der Waals surface area (Å²) < 4.78 is 17.3. The van der Waals surface area contributed by atoms with Crippen LogP contribution >= 0.6 is 0 Å². The van der Waals surface area contributed by atoms with E-state index in [-0.39, 0.29) is 11.9 Å². The lowest BCUT2D eigenvalue weighted by Gasteiger charge is -2.27. The third kappa shape index (κ3) is 3.01. The largest absolute Gasteiger partial charge is 0.334 e. The molecule has 3 heterocycles. The number of nitrogens with zero attached hydrogens (tertiary/aromatic N) is 6. The predicted molar refractivity (Wildman–Crippen MR) is 97.5 cm³/mol. The second-order valence-corrected chi connectivity index (χ2v) is 7.04. The van der Waals surface area contributed by atoms with Gasteiger partial charge in [0.05, 0.1) is 6.54 Å². The van der Waals surface area contributed by atoms with Crippen molar-refractivity contribution in [3.63, 3.8) is 0 Å². The summed E-state index contributed by atoms with van der Waals surface area (Å²) in [5, 5.41) is 12.9. The summed E-state index contributed by atoms with van der Waals surface area (Å²) in [5.41, 5.74) is 3.17. The maximum Gasteiger partial charge on any atom is 0.254 e. The molecule has 0 N–H and O–H groups in total. The van der Waals surface area contributed by atoms with Gasteiger partial charge in [-0.15, -0.1) is 10.2 Å². The third-order valence-corrected chi connectivity index (χ3v) is 4.94. The van der Waals surface area contributed by atoms with Crippen LogP contribution < -0.4 is 0 Å². The molecule has 0 radical (unpaired) electrons. The Labute approximate surface area is 156 Å². The van der Waals surface area contributed by atoms with Gasteiger partial charge in [-0.1, -0.05) is 6.07 Å². The van der Waals surface area contributed by atoms with E-state index < -0.39 is 5.82 Å². The molecule has 8 heteroatoms. The lowest BCUT2D eigenvalue weighted by Crippen LogP contribution is -2.36. The summed E-state index contributed by atoms with van der Waals surface area (Å²) in [7, 11) is 1.91. The maximum absolute atomic E-state index is 13.5. The summed E-state index contributed by atoms with van der Waals surface area (Å²) in [4.78, 5) is 14.6. The standard InChI is InChI=1S/C19H21FN6O/c1-12(2)26-11-21-22-18(26)17-15-10-25(8-7-16(15)24(3)23-17)19(27)13-5-4-6-14(20)9-13/h4-6,9,11-12H,7-8,10H2,1-3H3. The highest BCUT2D eigenvalue weighted by Gasteiger charge is 2.29. The Kier molecular flexibility index (Phi) is 4.25. The molecule has 0 atom stereocenters. The molecule has 1 aliphatic rings. The first-order valence-corrected chi connectivity index (χ1v) is 8.95. The summed E-state index contributed by atoms with van der Waals surface area (Å²) in [6, 6.07) is 6.00. The third-order valence-electron chi connectivity index (χ3n) is 4.94. The fourth-order valence-electron chi connectivity index (χ4n) is 3.54. The first kappa shape index (κ1) is 17.4. The second kappa shape index (κ2) is 6.61. The van der Waals surface area contributed by atoms with Gasteiger partial charge < -0.3 is 9.47 Å². The molecule has 0 fully saturated rings. The molecule has 2 aromatic heterocycles. The summed E-state index contributed by atoms with van der Waals surface area (Å²) in [6.45, 7) is 5.10. The van der Waals surface area contributed by atoms with Crippen molar-refractivity contribution in [3.8, 4) is 11.5 Å². The number of benzene rings is 1. The average Bonchev–Trinajstić information content (AvgIpc) is 3.25. The Hall–Kier alpha value is -3.03. The topological polar surface area (TPSA) is 68.8 Å². The van der Waals surface area contributed by atoms with Crippen LogP contribution in [0.4, 0.5) is 4.39 Å². The molecule has 1 aliphatic heterocycles. The number of rotatable bonds is 3. The van der Waals surface area contributed by atoms with Gasteiger partial charge in [0, 0.05) is 42.9 Å². The van der Waals surface area contributed by atoms with Crippen LogP contribution in [0.25, 0.3) is 11.5 Å². The van der Waals surface area contributed by atoms with Crippen molar-refractivity contribution in [2.45, 2.75) is 32.9 Å². The number of aryl methyl sites for hydroxylation is 1. The number of aromatic nitrogens is 5. The van der Waals surface area contributed by atoms with Crippen LogP contribution in [0.3, 0.4) is 0 Å². The Bertz CT molecular complexity index is 1010. The van der Waals surface area contributed by atoms with Gasteiger partial charge >= 0.3 is 0 Å². The van der Waals surface area contributed by atoms with Gasteiger partial charge in [-0.3, -0.25) is 9.48 Å². The lowest BCUT2D eigenvalue weighted by atomic mass is 10.0. The van der Waals surface area contributed by atoms with Crippen LogP contribution in [0, 0.1) is 5.82 Å². The molecule has 0 bridgehead atoms. The molecule has 7 nitrogen and oxygen atoms in total. The quantitative estimate of drug-likeness (QED) is 0.713. The van der Waals surface area contributed by atoms with Crippen LogP contribution in [0.5, 0.6) is 0 Å². The first-order valence-electron chi connectivity index (χ1n) is 8.95. The highest BCUT2D eigenvalue weighted by atomic mass is 19.1. The molecular weight excluding hydrogens is 347 g/mol. The minimum atomic E-state index is -0.411. The van der Waals surface area contributed by atoms with E-state index in [4.69, 9.17) is 0 Å². The van der Waals surface area contributed by atoms with Gasteiger partial charge in [0.2, 0.25) is 0 Å². The summed E-state index contributed by atoms with van der Waals surface area (Å²) in [5.74, 6) is 0.104. The molecular formula is C19H21FN6O. The lowest BCUT2D eigenvalue weighted by molar-refractivity contribution is 0.0733. The Morgan fingerprint density at radius 2 is 2.11 bits per heavy atom. The molecule has 0 unspecified atom stereocenters. The molecule has 4 rings (SSSR count). The highest BCUT2D eigenvalue weighted by Crippen LogP contribution is 2.30. The number of carbonyl (C=O) groups is 1. The van der Waals surface area contributed by atoms with Crippen LogP contribution in [0.15, 0.2) is 30.6 Å². The van der Waals surface area contributed by atoms with Crippen molar-refractivity contribution in [2.24, 2.45) is 7.05 Å². The number of halogens is 1. The number of fused-ring (bicyclic) bond motifs is 1. The summed E-state index contributed by atoms with van der Waals surface area (Å²) >= 11 is 0. The SMILES string of the molecule is CC(C)n1cnnc1-c1nn(C)c2c1CN(C(=O)c1cccc(F)c1)CC2. The average molecular weight is 368 g/mol. The Morgan fingerprint density at radius 1 is 1.30 bits per heavy atom. The van der Waals surface area contributed by atoms with Crippen molar-refractivity contribution in [2.75, 3.05) is 6.54 Å². The molecule has 0 saturated heterocycles. The van der Waals surface area contributed by atoms with Crippen molar-refractivity contribution in [1.29, 1.82) is 0 Å². The smallest absolute Gasteiger partial charge is 0.254 e. The van der Waals surface area contributed by atoms with Gasteiger partial charge in [-0.2, -0.15) is 5.10 Å². The molecule has 0 saturated carbocycles. The van der Waals surface area contributed by atoms with Gasteiger partial charge in [0.15, 0.2) is 5.82 Å². The monoisotopic (exact) mass is 368 g/mol. The van der Waals surface area contributed by atoms with Crippen LogP contribution in [-0.2, 0) is 20.0 Å². The first-order chi connectivity index (χ1) is 13.0. The second-order valence-electron chi connectivity index (χ2n) is 7.04. The number of amides is 1. The Balaban J connectivity index is 1.70. The van der Waals surface area contributed by atoms with Crippen LogP contribution in [-0.4, -0.2) is 41.9 Å². The number of hydrogen-bond acceptors (Lipinski definition) is 4. The zero-order valence-electron chi connectivity index (χ0n) is 15.6. The zero-order valence-corrected chi connectivity index (χ0v) is 15.6. The zero-order chi connectivity index (χ0) is 19.1. The number of carbonyl (C=O) groups excluding carboxylic acids is 1. The van der Waals surface area contributed by atoms with E-state index in [1.54, 1.807) is 23.4 Å². The maximum atomic E-state index is 13.5. The van der Waals surface area contributed by atoms with E-state index in [1.807, 2.05) is 16.3 Å². The van der Waals surface area contributed by atoms with E-state index in [0.717, 1.165) is 17.0 Å². The molecule has 1 amide bonds. The molecule has 140 valence electrons. The van der Waals surface area contributed by atoms with Crippen LogP contribution in [0.1, 0.15) is 41.5 Å². The molecule has 0 aliphatic carbocycles. The van der Waals surface area contributed by atoms with E-state index in [0.29, 0.717) is 30.9 Å². The molecule has 1 aromatic carbocycles. The van der Waals surface area contributed by atoms with Crippen molar-refractivity contribution < 1.29 is 9.18 Å². The Morgan fingerprint density at radius 3 is 2.85 bits per heavy atom. The van der Waals surface area contributed by atoms with Crippen molar-refractivity contribution >= 4 is 5.91 Å². The van der Waals surface area contributed by atoms with Gasteiger partial charge in [-0.25, -0.2) is 4.39 Å². The minimum Gasteiger partial charge on any atom is -0.334 e. The predicted octanol–water partition coefficient (Wildman–Crippen LogP) is 2.60. The van der Waals surface area contributed by atoms with Gasteiger partial charge in [0.25, 0.3) is 5.91 Å². The fraction of sp³-hybridized carbons (Fsp3) is 0.368. The van der Waals surface area contributed by atoms with E-state index in [1.165, 1.54) is 12.1 Å². The highest BCUT2D eigenvalue weighted by molar-refractivity contribution is 5.94. The number of hydrogen-bond donors (Lipinski definition) is 0. The molecule has 3 aromatic rings. The molecule has 0 spiro atoms. The van der Waals surface area contributed by atoms with Gasteiger partial charge in [0.1, 0.15) is 17.8 Å². The van der Waals surface area contributed by atoms with E-state index in [9.17, 15) is 9.18 Å². The van der Waals surface area contributed by atoms with Gasteiger partial charge in [-0.05, 0) is 32.0 Å². The summed E-state index contributed by atoms with van der Waals surface area (Å²) in [6.07, 6.45) is 2.38. The fourth-order valence-corrected chi connectivity index (χ4v) is 3.54. The van der Waals surface area contributed by atoms with E-state index in [2.05, 4.69) is 29.1 Å². The van der Waals surface area contributed by atoms with E-state index >= 15 is 0 Å². The minimum absolute atomic E-state index is 0.180.